The van der Waals surface area contributed by atoms with Gasteiger partial charge >= 0.3 is 0 Å². The number of carbonyl (C=O) groups is 7. The number of hydrogen-bond donors (Lipinski definition) is 9. The summed E-state index contributed by atoms with van der Waals surface area (Å²) >= 11 is 0. The molecule has 3 heterocycles. The summed E-state index contributed by atoms with van der Waals surface area (Å²) in [6.07, 6.45) is 8.88. The van der Waals surface area contributed by atoms with Crippen molar-refractivity contribution in [1.82, 2.24) is 41.8 Å². The molecule has 1 saturated carbocycles. The Kier molecular flexibility index (Phi) is 17.3. The average molecular weight is 896 g/mol. The van der Waals surface area contributed by atoms with Crippen LogP contribution in [0.3, 0.4) is 0 Å². The molecule has 1 aliphatic carbocycles. The number of para-hydroxylation sites is 1. The van der Waals surface area contributed by atoms with Gasteiger partial charge in [-0.2, -0.15) is 0 Å². The summed E-state index contributed by atoms with van der Waals surface area (Å²) in [6.45, 7) is 1.82. The summed E-state index contributed by atoms with van der Waals surface area (Å²) in [5, 5.41) is 18.2. The number of guanidine groups is 1. The molecule has 0 bridgehead atoms. The number of aromatic amines is 1. The second kappa shape index (κ2) is 23.5. The number of nitrogens with zero attached hydrogens (tertiary/aromatic N) is 2. The number of fused-ring (bicyclic) bond motifs is 2. The highest BCUT2D eigenvalue weighted by molar-refractivity contribution is 5.98. The third-order valence-electron chi connectivity index (χ3n) is 12.6. The molecule has 11 N–H and O–H groups in total. The molecule has 2 saturated heterocycles. The summed E-state index contributed by atoms with van der Waals surface area (Å²) < 4.78 is 0. The third kappa shape index (κ3) is 13.8. The van der Waals surface area contributed by atoms with Crippen LogP contribution in [0.25, 0.3) is 10.9 Å². The Balaban J connectivity index is 1.31. The van der Waals surface area contributed by atoms with Gasteiger partial charge in [-0.05, 0) is 68.1 Å². The molecule has 0 spiro atoms. The van der Waals surface area contributed by atoms with Crippen molar-refractivity contribution in [2.45, 2.75) is 133 Å². The summed E-state index contributed by atoms with van der Waals surface area (Å²) in [6, 6.07) is 10.5. The molecule has 2 aliphatic heterocycles. The minimum Gasteiger partial charge on any atom is -0.370 e. The van der Waals surface area contributed by atoms with Gasteiger partial charge < -0.3 is 53.3 Å². The maximum atomic E-state index is 14.6. The number of hydrogen-bond acceptors (Lipinski definition) is 8. The molecule has 7 amide bonds. The molecule has 18 heteroatoms. The molecule has 3 aliphatic rings. The lowest BCUT2D eigenvalue weighted by atomic mass is 9.84. The van der Waals surface area contributed by atoms with E-state index in [1.807, 2.05) is 54.6 Å². The quantitative estimate of drug-likeness (QED) is 0.0679. The van der Waals surface area contributed by atoms with E-state index in [1.165, 1.54) is 11.8 Å². The summed E-state index contributed by atoms with van der Waals surface area (Å²) in [4.78, 5) is 107. The maximum absolute atomic E-state index is 14.6. The molecule has 0 radical (unpaired) electrons. The first kappa shape index (κ1) is 48.0. The van der Waals surface area contributed by atoms with Gasteiger partial charge in [0, 0.05) is 56.5 Å². The van der Waals surface area contributed by atoms with Gasteiger partial charge in [0.25, 0.3) is 0 Å². The molecule has 6 rings (SSSR count). The van der Waals surface area contributed by atoms with Crippen LogP contribution in [0.1, 0.15) is 95.1 Å². The lowest BCUT2D eigenvalue weighted by Gasteiger charge is -2.32. The third-order valence-corrected chi connectivity index (χ3v) is 12.6. The van der Waals surface area contributed by atoms with Gasteiger partial charge in [-0.3, -0.25) is 38.6 Å². The van der Waals surface area contributed by atoms with Crippen LogP contribution in [0.4, 0.5) is 0 Å². The molecule has 6 atom stereocenters. The highest BCUT2D eigenvalue weighted by atomic mass is 16.2. The predicted molar refractivity (Wildman–Crippen MR) is 246 cm³/mol. The largest absolute Gasteiger partial charge is 0.370 e. The van der Waals surface area contributed by atoms with Gasteiger partial charge in [0.1, 0.15) is 36.3 Å². The lowest BCUT2D eigenvalue weighted by molar-refractivity contribution is -0.142. The van der Waals surface area contributed by atoms with Crippen LogP contribution >= 0.6 is 0 Å². The Labute approximate surface area is 379 Å². The van der Waals surface area contributed by atoms with Crippen molar-refractivity contribution in [3.8, 4) is 0 Å². The number of rotatable bonds is 13. The fourth-order valence-corrected chi connectivity index (χ4v) is 9.28. The first-order valence-electron chi connectivity index (χ1n) is 23.1. The Bertz CT molecular complexity index is 2170. The Morgan fingerprint density at radius 1 is 0.800 bits per heavy atom. The summed E-state index contributed by atoms with van der Waals surface area (Å²) in [7, 11) is 0. The number of nitrogens with two attached hydrogens (primary N) is 2. The first-order valence-corrected chi connectivity index (χ1v) is 23.1. The van der Waals surface area contributed by atoms with Crippen LogP contribution in [-0.2, 0) is 46.4 Å². The zero-order chi connectivity index (χ0) is 46.3. The molecule has 1 unspecified atom stereocenters. The molecular formula is C47H65N11O7. The van der Waals surface area contributed by atoms with Gasteiger partial charge in [0.2, 0.25) is 41.4 Å². The van der Waals surface area contributed by atoms with Crippen molar-refractivity contribution < 1.29 is 33.6 Å². The van der Waals surface area contributed by atoms with E-state index in [1.54, 1.807) is 6.20 Å². The number of carbonyl (C=O) groups excluding carboxylic acids is 7. The Morgan fingerprint density at radius 3 is 2.26 bits per heavy atom. The van der Waals surface area contributed by atoms with E-state index in [4.69, 9.17) is 11.5 Å². The Morgan fingerprint density at radius 2 is 1.51 bits per heavy atom. The smallest absolute Gasteiger partial charge is 0.245 e. The number of amides is 7. The van der Waals surface area contributed by atoms with E-state index < -0.39 is 77.6 Å². The molecule has 18 nitrogen and oxygen atoms in total. The standard InChI is InChI=1S/C47H65N11O7/c1-29(59)53-37(25-30-13-4-2-5-14-30)42(61)55-36-20-11-22-50-41(60)35(19-10-23-51-47(48)49)54-44(63)39(27-32-28-52-34-18-9-8-17-33(32)34)56-43(62)38(26-31-15-6-3-7-16-31)57-45(64)40-21-12-24-58(40)46(36)65/h2,4-5,8-9,13-14,17-18,28,31,35-40,52H,3,6-7,10-12,15-16,19-27H2,1H3,(H,50,60)(H,53,59)(H,54,63)(H,55,61)(H,56,62)(H,57,64)(H4,48,49,51)/t35-,36-,37?,38+,39-,40-/m0/s1. The van der Waals surface area contributed by atoms with Crippen molar-refractivity contribution in [3.63, 3.8) is 0 Å². The van der Waals surface area contributed by atoms with Crippen LogP contribution in [0.5, 0.6) is 0 Å². The second-order valence-electron chi connectivity index (χ2n) is 17.6. The summed E-state index contributed by atoms with van der Waals surface area (Å²) in [5.41, 5.74) is 13.5. The topological polar surface area (TPSA) is 275 Å². The van der Waals surface area contributed by atoms with Crippen LogP contribution in [0.15, 0.2) is 65.8 Å². The highest BCUT2D eigenvalue weighted by Crippen LogP contribution is 2.28. The van der Waals surface area contributed by atoms with Crippen molar-refractivity contribution in [1.29, 1.82) is 0 Å². The van der Waals surface area contributed by atoms with Gasteiger partial charge in [-0.1, -0.05) is 80.6 Å². The fraction of sp³-hybridized carbons (Fsp3) is 0.532. The lowest BCUT2D eigenvalue weighted by Crippen LogP contribution is -2.60. The average Bonchev–Trinajstić information content (AvgIpc) is 3.95. The van der Waals surface area contributed by atoms with Crippen molar-refractivity contribution >= 4 is 58.2 Å². The zero-order valence-electron chi connectivity index (χ0n) is 37.2. The molecule has 2 aromatic carbocycles. The van der Waals surface area contributed by atoms with E-state index >= 15 is 0 Å². The number of nitrogens with one attached hydrogen (secondary N) is 7. The number of aliphatic imine (C=N–C) groups is 1. The number of benzene rings is 2. The van der Waals surface area contributed by atoms with Gasteiger partial charge in [-0.25, -0.2) is 0 Å². The van der Waals surface area contributed by atoms with Gasteiger partial charge in [-0.15, -0.1) is 0 Å². The number of aromatic nitrogens is 1. The SMILES string of the molecule is CC(=O)NC(Cc1ccccc1)C(=O)N[C@H]1CCCNC(=O)[C@H](CCCN=C(N)N)NC(=O)[C@H](Cc2c[nH]c3ccccc23)NC(=O)[C@@H](CC2CCCCC2)NC(=O)[C@@H]2CCCN2C1=O. The van der Waals surface area contributed by atoms with Crippen LogP contribution in [-0.4, -0.2) is 113 Å². The van der Waals surface area contributed by atoms with E-state index in [0.717, 1.165) is 54.1 Å². The molecule has 350 valence electrons. The van der Waals surface area contributed by atoms with Gasteiger partial charge in [0.05, 0.1) is 0 Å². The Hall–Kier alpha value is -6.46. The van der Waals surface area contributed by atoms with E-state index in [2.05, 4.69) is 41.9 Å². The highest BCUT2D eigenvalue weighted by Gasteiger charge is 2.40. The fourth-order valence-electron chi connectivity index (χ4n) is 9.28. The zero-order valence-corrected chi connectivity index (χ0v) is 37.2. The molecule has 3 fully saturated rings. The second-order valence-corrected chi connectivity index (χ2v) is 17.6. The molecular weight excluding hydrogens is 831 g/mol. The van der Waals surface area contributed by atoms with Gasteiger partial charge in [0.15, 0.2) is 5.96 Å². The molecule has 1 aromatic heterocycles. The van der Waals surface area contributed by atoms with E-state index in [-0.39, 0.29) is 63.6 Å². The first-order chi connectivity index (χ1) is 31.4. The predicted octanol–water partition coefficient (Wildman–Crippen LogP) is 1.32. The maximum Gasteiger partial charge on any atom is 0.245 e. The minimum atomic E-state index is -1.14. The molecule has 65 heavy (non-hydrogen) atoms. The normalized spacial score (nSPS) is 23.4. The van der Waals surface area contributed by atoms with Crippen molar-refractivity contribution in [2.24, 2.45) is 22.4 Å². The van der Waals surface area contributed by atoms with E-state index in [9.17, 15) is 33.6 Å². The van der Waals surface area contributed by atoms with Crippen molar-refractivity contribution in [3.05, 3.63) is 71.9 Å². The van der Waals surface area contributed by atoms with Crippen LogP contribution in [0.2, 0.25) is 0 Å². The monoisotopic (exact) mass is 896 g/mol. The molecule has 3 aromatic rings. The van der Waals surface area contributed by atoms with E-state index in [0.29, 0.717) is 25.7 Å². The van der Waals surface area contributed by atoms with Crippen LogP contribution < -0.4 is 43.4 Å². The number of H-pyrrole nitrogens is 1. The van der Waals surface area contributed by atoms with Crippen molar-refractivity contribution in [2.75, 3.05) is 19.6 Å². The summed E-state index contributed by atoms with van der Waals surface area (Å²) in [5.74, 6) is -3.59. The minimum absolute atomic E-state index is 0.0696. The van der Waals surface area contributed by atoms with Crippen LogP contribution in [0, 0.1) is 5.92 Å².